The molecule has 4 aromatic carbocycles. The van der Waals surface area contributed by atoms with Crippen LogP contribution in [0.4, 0.5) is 0 Å². The highest BCUT2D eigenvalue weighted by atomic mass is 32.2. The van der Waals surface area contributed by atoms with Gasteiger partial charge in [-0.2, -0.15) is 0 Å². The number of thioether (sulfide) groups is 1. The van der Waals surface area contributed by atoms with Crippen molar-refractivity contribution >= 4 is 42.3 Å². The lowest BCUT2D eigenvalue weighted by atomic mass is 10.1. The Morgan fingerprint density at radius 1 is 0.867 bits per heavy atom. The first-order chi connectivity index (χ1) is 21.7. The highest BCUT2D eigenvalue weighted by molar-refractivity contribution is 7.99. The first-order valence-corrected chi connectivity index (χ1v) is 18.3. The van der Waals surface area contributed by atoms with Gasteiger partial charge in [-0.15, -0.1) is 0 Å². The number of rotatable bonds is 12. The molecule has 45 heavy (non-hydrogen) atoms. The van der Waals surface area contributed by atoms with Gasteiger partial charge in [0, 0.05) is 23.1 Å². The fourth-order valence-corrected chi connectivity index (χ4v) is 12.0. The Morgan fingerprint density at radius 2 is 1.42 bits per heavy atom. The average molecular weight is 636 g/mol. The monoisotopic (exact) mass is 635 g/mol. The van der Waals surface area contributed by atoms with Crippen LogP contribution in [0, 0.1) is 0 Å². The molecule has 0 aliphatic carbocycles. The summed E-state index contributed by atoms with van der Waals surface area (Å²) in [4.78, 5) is 29.4. The Kier molecular flexibility index (Phi) is 10.4. The van der Waals surface area contributed by atoms with Gasteiger partial charge in [0.15, 0.2) is 0 Å². The predicted octanol–water partition coefficient (Wildman–Crippen LogP) is 7.39. The molecule has 0 saturated carbocycles. The molecule has 2 atom stereocenters. The summed E-state index contributed by atoms with van der Waals surface area (Å²) in [5, 5.41) is 1.89. The minimum atomic E-state index is -2.95. The molecular weight excluding hydrogens is 595 g/mol. The van der Waals surface area contributed by atoms with Gasteiger partial charge in [-0.05, 0) is 58.6 Å². The third-order valence-electron chi connectivity index (χ3n) is 8.13. The quantitative estimate of drug-likeness (QED) is 0.0924. The number of hydrogen-bond acceptors (Lipinski definition) is 5. The molecule has 7 heteroatoms. The van der Waals surface area contributed by atoms with E-state index in [0.29, 0.717) is 19.6 Å². The van der Waals surface area contributed by atoms with Gasteiger partial charge in [-0.25, -0.2) is 4.79 Å². The van der Waals surface area contributed by atoms with E-state index in [-0.39, 0.29) is 16.3 Å². The number of hydrogen-bond donors (Lipinski definition) is 0. The highest BCUT2D eigenvalue weighted by Crippen LogP contribution is 2.45. The van der Waals surface area contributed by atoms with Crippen LogP contribution in [0.1, 0.15) is 55.4 Å². The van der Waals surface area contributed by atoms with Crippen LogP contribution in [-0.2, 0) is 14.0 Å². The second-order valence-corrected chi connectivity index (χ2v) is 17.5. The SMILES string of the molecule is CCOC(=O)/C=C/[C@H](CCN1C(=O)c2ccccc2C1Sc1ccccc1)O[Si](c1ccccc1)(c1ccccc1)C(C)(C)C. The molecule has 0 saturated heterocycles. The maximum absolute atomic E-state index is 13.8. The number of benzene rings is 4. The van der Waals surface area contributed by atoms with Crippen molar-refractivity contribution in [3.05, 3.63) is 139 Å². The molecular formula is C38H41NO4SSi. The lowest BCUT2D eigenvalue weighted by Crippen LogP contribution is -2.67. The first-order valence-electron chi connectivity index (χ1n) is 15.5. The molecule has 0 fully saturated rings. The van der Waals surface area contributed by atoms with Gasteiger partial charge >= 0.3 is 5.97 Å². The van der Waals surface area contributed by atoms with Crippen molar-refractivity contribution in [3.8, 4) is 0 Å². The van der Waals surface area contributed by atoms with Crippen LogP contribution in [0.15, 0.2) is 132 Å². The Morgan fingerprint density at radius 3 is 2.00 bits per heavy atom. The summed E-state index contributed by atoms with van der Waals surface area (Å²) in [6.07, 6.45) is 3.35. The molecule has 1 heterocycles. The molecule has 0 N–H and O–H groups in total. The third-order valence-corrected chi connectivity index (χ3v) is 14.5. The van der Waals surface area contributed by atoms with E-state index in [0.717, 1.165) is 26.4 Å². The summed E-state index contributed by atoms with van der Waals surface area (Å²) in [5.41, 5.74) is 1.75. The van der Waals surface area contributed by atoms with Crippen LogP contribution in [-0.4, -0.2) is 44.3 Å². The van der Waals surface area contributed by atoms with E-state index in [1.807, 2.05) is 65.6 Å². The van der Waals surface area contributed by atoms with E-state index in [4.69, 9.17) is 9.16 Å². The number of ether oxygens (including phenoxy) is 1. The van der Waals surface area contributed by atoms with Crippen molar-refractivity contribution in [2.75, 3.05) is 13.2 Å². The summed E-state index contributed by atoms with van der Waals surface area (Å²) in [5.74, 6) is -0.395. The van der Waals surface area contributed by atoms with Crippen molar-refractivity contribution in [1.29, 1.82) is 0 Å². The fraction of sp³-hybridized carbons (Fsp3) is 0.263. The Hall–Kier alpha value is -3.91. The van der Waals surface area contributed by atoms with Crippen molar-refractivity contribution in [2.45, 2.75) is 55.5 Å². The van der Waals surface area contributed by atoms with Crippen LogP contribution >= 0.6 is 11.8 Å². The second kappa shape index (κ2) is 14.5. The smallest absolute Gasteiger partial charge is 0.330 e. The first kappa shape index (κ1) is 32.5. The maximum atomic E-state index is 13.8. The van der Waals surface area contributed by atoms with E-state index in [9.17, 15) is 9.59 Å². The second-order valence-electron chi connectivity index (χ2n) is 12.1. The molecule has 0 aromatic heterocycles. The number of carbonyl (C=O) groups excluding carboxylic acids is 2. The number of esters is 1. The molecule has 232 valence electrons. The largest absolute Gasteiger partial charge is 0.463 e. The molecule has 0 radical (unpaired) electrons. The zero-order valence-corrected chi connectivity index (χ0v) is 28.2. The van der Waals surface area contributed by atoms with Gasteiger partial charge in [-0.1, -0.05) is 130 Å². The maximum Gasteiger partial charge on any atom is 0.330 e. The summed E-state index contributed by atoms with van der Waals surface area (Å²) >= 11 is 1.67. The van der Waals surface area contributed by atoms with Crippen molar-refractivity contribution in [3.63, 3.8) is 0 Å². The van der Waals surface area contributed by atoms with Gasteiger partial charge in [0.25, 0.3) is 14.2 Å². The Labute approximate surface area is 272 Å². The molecule has 0 spiro atoms. The summed E-state index contributed by atoms with van der Waals surface area (Å²) in [7, 11) is -2.95. The van der Waals surface area contributed by atoms with E-state index in [1.54, 1.807) is 18.7 Å². The van der Waals surface area contributed by atoms with Crippen LogP contribution < -0.4 is 10.4 Å². The fourth-order valence-electron chi connectivity index (χ4n) is 6.07. The molecule has 4 aromatic rings. The summed E-state index contributed by atoms with van der Waals surface area (Å²) in [6, 6.07) is 39.0. The zero-order chi connectivity index (χ0) is 31.9. The van der Waals surface area contributed by atoms with Gasteiger partial charge < -0.3 is 14.1 Å². The topological polar surface area (TPSA) is 55.8 Å². The summed E-state index contributed by atoms with van der Waals surface area (Å²) in [6.45, 7) is 9.25. The molecule has 1 aliphatic rings. The average Bonchev–Trinajstić information content (AvgIpc) is 3.31. The van der Waals surface area contributed by atoms with Crippen molar-refractivity contribution < 1.29 is 18.8 Å². The molecule has 5 rings (SSSR count). The van der Waals surface area contributed by atoms with Crippen LogP contribution in [0.2, 0.25) is 5.04 Å². The van der Waals surface area contributed by atoms with Gasteiger partial charge in [0.1, 0.15) is 5.37 Å². The number of fused-ring (bicyclic) bond motifs is 1. The molecule has 1 unspecified atom stereocenters. The van der Waals surface area contributed by atoms with Gasteiger partial charge in [0.05, 0.1) is 12.7 Å². The molecule has 5 nitrogen and oxygen atoms in total. The van der Waals surface area contributed by atoms with E-state index in [2.05, 4.69) is 81.4 Å². The molecule has 1 aliphatic heterocycles. The lowest BCUT2D eigenvalue weighted by Gasteiger charge is -2.45. The molecule has 1 amide bonds. The van der Waals surface area contributed by atoms with E-state index >= 15 is 0 Å². The lowest BCUT2D eigenvalue weighted by molar-refractivity contribution is -0.137. The summed E-state index contributed by atoms with van der Waals surface area (Å²) < 4.78 is 12.7. The Balaban J connectivity index is 1.52. The van der Waals surface area contributed by atoms with E-state index in [1.165, 1.54) is 6.08 Å². The Bertz CT molecular complexity index is 1570. The molecule has 0 bridgehead atoms. The number of nitrogens with zero attached hydrogens (tertiary/aromatic N) is 1. The predicted molar refractivity (Wildman–Crippen MR) is 185 cm³/mol. The van der Waals surface area contributed by atoms with Gasteiger partial charge in [0.2, 0.25) is 0 Å². The highest BCUT2D eigenvalue weighted by Gasteiger charge is 2.51. The normalized spacial score (nSPS) is 15.7. The zero-order valence-electron chi connectivity index (χ0n) is 26.4. The number of amides is 1. The van der Waals surface area contributed by atoms with E-state index < -0.39 is 20.4 Å². The minimum absolute atomic E-state index is 0.0117. The van der Waals surface area contributed by atoms with Crippen molar-refractivity contribution in [1.82, 2.24) is 4.90 Å². The third kappa shape index (κ3) is 7.17. The number of carbonyl (C=O) groups is 2. The van der Waals surface area contributed by atoms with Crippen LogP contribution in [0.25, 0.3) is 0 Å². The standard InChI is InChI=1S/C38H41NO4SSi/c1-5-42-35(40)26-25-29(43-45(38(2,3)4,31-19-11-7-12-20-31)32-21-13-8-14-22-32)27-28-39-36(41)33-23-15-16-24-34(33)37(39)44-30-17-9-6-10-18-30/h6-26,29,37H,5,27-28H2,1-4H3/b26-25+/t29-,37?/m1/s1. The van der Waals surface area contributed by atoms with Crippen LogP contribution in [0.5, 0.6) is 0 Å². The minimum Gasteiger partial charge on any atom is -0.463 e. The van der Waals surface area contributed by atoms with Gasteiger partial charge in [-0.3, -0.25) is 4.79 Å². The van der Waals surface area contributed by atoms with Crippen molar-refractivity contribution in [2.24, 2.45) is 0 Å². The van der Waals surface area contributed by atoms with Crippen LogP contribution in [0.3, 0.4) is 0 Å².